The highest BCUT2D eigenvalue weighted by atomic mass is 79.9. The van der Waals surface area contributed by atoms with Crippen molar-refractivity contribution in [2.45, 2.75) is 6.92 Å². The number of hydrogen-bond donors (Lipinski definition) is 2. The lowest BCUT2D eigenvalue weighted by atomic mass is 10.1. The van der Waals surface area contributed by atoms with Gasteiger partial charge in [0.2, 0.25) is 0 Å². The SMILES string of the molecule is COc1ccc2[nH]c(C)c(-c3csc(NC(=O)c4cncc(Br)c4)n3)c2c1. The van der Waals surface area contributed by atoms with Crippen molar-refractivity contribution in [3.05, 3.63) is 57.8 Å². The third-order valence-electron chi connectivity index (χ3n) is 4.14. The molecule has 3 heterocycles. The molecule has 1 amide bonds. The van der Waals surface area contributed by atoms with E-state index in [2.05, 4.69) is 36.2 Å². The van der Waals surface area contributed by atoms with Gasteiger partial charge in [-0.1, -0.05) is 0 Å². The van der Waals surface area contributed by atoms with E-state index < -0.39 is 0 Å². The Labute approximate surface area is 167 Å². The van der Waals surface area contributed by atoms with Crippen LogP contribution >= 0.6 is 27.3 Å². The van der Waals surface area contributed by atoms with Crippen LogP contribution in [-0.2, 0) is 0 Å². The van der Waals surface area contributed by atoms with Crippen molar-refractivity contribution in [2.75, 3.05) is 12.4 Å². The van der Waals surface area contributed by atoms with Crippen LogP contribution in [0.1, 0.15) is 16.1 Å². The first kappa shape index (κ1) is 17.7. The number of aromatic nitrogens is 3. The van der Waals surface area contributed by atoms with E-state index >= 15 is 0 Å². The third-order valence-corrected chi connectivity index (χ3v) is 5.33. The first-order valence-electron chi connectivity index (χ1n) is 8.09. The molecule has 2 N–H and O–H groups in total. The van der Waals surface area contributed by atoms with Crippen molar-refractivity contribution in [3.63, 3.8) is 0 Å². The second-order valence-electron chi connectivity index (χ2n) is 5.92. The van der Waals surface area contributed by atoms with Gasteiger partial charge in [-0.2, -0.15) is 0 Å². The number of anilines is 1. The Hall–Kier alpha value is -2.71. The zero-order chi connectivity index (χ0) is 19.0. The molecule has 0 aliphatic heterocycles. The number of H-pyrrole nitrogens is 1. The maximum atomic E-state index is 12.4. The number of carbonyl (C=O) groups excluding carboxylic acids is 1. The lowest BCUT2D eigenvalue weighted by Gasteiger charge is -2.02. The van der Waals surface area contributed by atoms with Crippen molar-refractivity contribution in [1.29, 1.82) is 0 Å². The fourth-order valence-corrected chi connectivity index (χ4v) is 3.98. The number of carbonyl (C=O) groups is 1. The number of thiazole rings is 1. The smallest absolute Gasteiger partial charge is 0.259 e. The van der Waals surface area contributed by atoms with Crippen LogP contribution in [0.25, 0.3) is 22.2 Å². The Morgan fingerprint density at radius 1 is 1.30 bits per heavy atom. The van der Waals surface area contributed by atoms with Crippen molar-refractivity contribution in [2.24, 2.45) is 0 Å². The predicted octanol–water partition coefficient (Wildman–Crippen LogP) is 5.02. The molecule has 0 spiro atoms. The molecule has 6 nitrogen and oxygen atoms in total. The summed E-state index contributed by atoms with van der Waals surface area (Å²) in [5.41, 5.74) is 4.30. The van der Waals surface area contributed by atoms with Gasteiger partial charge in [0.25, 0.3) is 5.91 Å². The highest BCUT2D eigenvalue weighted by Crippen LogP contribution is 2.35. The molecule has 27 heavy (non-hydrogen) atoms. The molecule has 0 unspecified atom stereocenters. The quantitative estimate of drug-likeness (QED) is 0.464. The summed E-state index contributed by atoms with van der Waals surface area (Å²) in [7, 11) is 1.65. The molecule has 0 radical (unpaired) electrons. The standard InChI is InChI=1S/C19H15BrN4O2S/c1-10-17(14-6-13(26-2)3-4-15(14)22-10)16-9-27-19(23-16)24-18(25)11-5-12(20)8-21-7-11/h3-9,22H,1-2H3,(H,23,24,25). The molecule has 0 saturated carbocycles. The molecular weight excluding hydrogens is 428 g/mol. The van der Waals surface area contributed by atoms with E-state index in [0.717, 1.165) is 38.1 Å². The number of nitrogens with one attached hydrogen (secondary N) is 2. The maximum absolute atomic E-state index is 12.4. The first-order chi connectivity index (χ1) is 13.0. The van der Waals surface area contributed by atoms with Crippen LogP contribution in [-0.4, -0.2) is 28.0 Å². The third kappa shape index (κ3) is 3.45. The minimum absolute atomic E-state index is 0.248. The van der Waals surface area contributed by atoms with E-state index in [0.29, 0.717) is 10.7 Å². The van der Waals surface area contributed by atoms with Crippen molar-refractivity contribution in [3.8, 4) is 17.0 Å². The predicted molar refractivity (Wildman–Crippen MR) is 111 cm³/mol. The topological polar surface area (TPSA) is 79.9 Å². The summed E-state index contributed by atoms with van der Waals surface area (Å²) in [4.78, 5) is 24.4. The zero-order valence-electron chi connectivity index (χ0n) is 14.5. The Kier molecular flexibility index (Phi) is 4.67. The highest BCUT2D eigenvalue weighted by Gasteiger charge is 2.16. The van der Waals surface area contributed by atoms with Crippen molar-refractivity contribution >= 4 is 49.2 Å². The molecular formula is C19H15BrN4O2S. The average molecular weight is 443 g/mol. The summed E-state index contributed by atoms with van der Waals surface area (Å²) in [5.74, 6) is 0.538. The van der Waals surface area contributed by atoms with Gasteiger partial charge in [-0.15, -0.1) is 11.3 Å². The molecule has 4 aromatic rings. The van der Waals surface area contributed by atoms with Gasteiger partial charge in [-0.25, -0.2) is 4.98 Å². The van der Waals surface area contributed by atoms with E-state index in [-0.39, 0.29) is 5.91 Å². The molecule has 3 aromatic heterocycles. The minimum atomic E-state index is -0.248. The minimum Gasteiger partial charge on any atom is -0.497 e. The molecule has 0 atom stereocenters. The summed E-state index contributed by atoms with van der Waals surface area (Å²) in [5, 5.41) is 6.33. The van der Waals surface area contributed by atoms with Crippen LogP contribution in [0.4, 0.5) is 5.13 Å². The summed E-state index contributed by atoms with van der Waals surface area (Å²) in [6, 6.07) is 7.60. The normalized spacial score (nSPS) is 10.9. The Morgan fingerprint density at radius 2 is 2.15 bits per heavy atom. The second-order valence-corrected chi connectivity index (χ2v) is 7.69. The van der Waals surface area contributed by atoms with E-state index in [1.807, 2.05) is 30.5 Å². The summed E-state index contributed by atoms with van der Waals surface area (Å²) >= 11 is 4.70. The van der Waals surface area contributed by atoms with Crippen LogP contribution in [0, 0.1) is 6.92 Å². The number of fused-ring (bicyclic) bond motifs is 1. The number of benzene rings is 1. The van der Waals surface area contributed by atoms with Crippen LogP contribution < -0.4 is 10.1 Å². The number of pyridine rings is 1. The number of halogens is 1. The van der Waals surface area contributed by atoms with Gasteiger partial charge < -0.3 is 9.72 Å². The molecule has 0 aliphatic carbocycles. The number of methoxy groups -OCH3 is 1. The fourth-order valence-electron chi connectivity index (χ4n) is 2.91. The number of hydrogen-bond acceptors (Lipinski definition) is 5. The molecule has 136 valence electrons. The first-order valence-corrected chi connectivity index (χ1v) is 9.76. The zero-order valence-corrected chi connectivity index (χ0v) is 16.9. The lowest BCUT2D eigenvalue weighted by Crippen LogP contribution is -2.11. The van der Waals surface area contributed by atoms with Gasteiger partial charge in [-0.05, 0) is 47.1 Å². The molecule has 0 fully saturated rings. The molecule has 0 aliphatic rings. The van der Waals surface area contributed by atoms with Gasteiger partial charge in [0.1, 0.15) is 5.75 Å². The van der Waals surface area contributed by atoms with Gasteiger partial charge in [0.15, 0.2) is 5.13 Å². The lowest BCUT2D eigenvalue weighted by molar-refractivity contribution is 0.102. The fraction of sp³-hybridized carbons (Fsp3) is 0.105. The summed E-state index contributed by atoms with van der Waals surface area (Å²) in [6.45, 7) is 2.01. The van der Waals surface area contributed by atoms with Crippen molar-refractivity contribution in [1.82, 2.24) is 15.0 Å². The Bertz CT molecular complexity index is 1150. The van der Waals surface area contributed by atoms with Crippen LogP contribution in [0.3, 0.4) is 0 Å². The van der Waals surface area contributed by atoms with Crippen LogP contribution in [0.15, 0.2) is 46.5 Å². The molecule has 0 saturated heterocycles. The average Bonchev–Trinajstić information content (AvgIpc) is 3.23. The molecule has 4 rings (SSSR count). The summed E-state index contributed by atoms with van der Waals surface area (Å²) in [6.07, 6.45) is 3.15. The number of nitrogens with zero attached hydrogens (tertiary/aromatic N) is 2. The van der Waals surface area contributed by atoms with Crippen LogP contribution in [0.2, 0.25) is 0 Å². The van der Waals surface area contributed by atoms with Gasteiger partial charge >= 0.3 is 0 Å². The molecule has 0 bridgehead atoms. The largest absolute Gasteiger partial charge is 0.497 e. The molecule has 1 aromatic carbocycles. The Balaban J connectivity index is 1.66. The van der Waals surface area contributed by atoms with E-state index in [1.165, 1.54) is 17.5 Å². The number of amides is 1. The van der Waals surface area contributed by atoms with E-state index in [9.17, 15) is 4.79 Å². The Morgan fingerprint density at radius 3 is 2.93 bits per heavy atom. The van der Waals surface area contributed by atoms with Gasteiger partial charge in [-0.3, -0.25) is 15.1 Å². The van der Waals surface area contributed by atoms with Crippen LogP contribution in [0.5, 0.6) is 5.75 Å². The second kappa shape index (κ2) is 7.13. The number of ether oxygens (including phenoxy) is 1. The van der Waals surface area contributed by atoms with Crippen molar-refractivity contribution < 1.29 is 9.53 Å². The maximum Gasteiger partial charge on any atom is 0.259 e. The van der Waals surface area contributed by atoms with E-state index in [4.69, 9.17) is 4.74 Å². The van der Waals surface area contributed by atoms with E-state index in [1.54, 1.807) is 19.4 Å². The number of aromatic amines is 1. The molecule has 8 heteroatoms. The number of rotatable bonds is 4. The monoisotopic (exact) mass is 442 g/mol. The number of aryl methyl sites for hydroxylation is 1. The highest BCUT2D eigenvalue weighted by molar-refractivity contribution is 9.10. The summed E-state index contributed by atoms with van der Waals surface area (Å²) < 4.78 is 6.09. The van der Waals surface area contributed by atoms with Gasteiger partial charge in [0, 0.05) is 44.4 Å². The van der Waals surface area contributed by atoms with Gasteiger partial charge in [0.05, 0.1) is 18.4 Å².